The van der Waals surface area contributed by atoms with Gasteiger partial charge in [-0.15, -0.1) is 11.3 Å². The van der Waals surface area contributed by atoms with Crippen LogP contribution in [0.15, 0.2) is 53.9 Å². The van der Waals surface area contributed by atoms with Crippen LogP contribution in [0.2, 0.25) is 0 Å². The van der Waals surface area contributed by atoms with Gasteiger partial charge in [0.05, 0.1) is 11.6 Å². The van der Waals surface area contributed by atoms with Gasteiger partial charge in [0, 0.05) is 29.3 Å². The second-order valence-corrected chi connectivity index (χ2v) is 6.84. The van der Waals surface area contributed by atoms with Crippen LogP contribution in [-0.4, -0.2) is 21.8 Å². The predicted octanol–water partition coefficient (Wildman–Crippen LogP) is 4.46. The number of rotatable bonds is 7. The summed E-state index contributed by atoms with van der Waals surface area (Å²) in [5.74, 6) is -3.84. The van der Waals surface area contributed by atoms with Crippen LogP contribution in [0.1, 0.15) is 23.6 Å². The third-order valence-corrected chi connectivity index (χ3v) is 4.97. The molecule has 138 valence electrons. The number of benzene rings is 2. The third-order valence-electron chi connectivity index (χ3n) is 4.03. The number of carboxylic acid groups (broad SMARTS) is 1. The Balaban J connectivity index is 1.71. The number of aliphatic carboxylic acids is 1. The predicted molar refractivity (Wildman–Crippen MR) is 97.6 cm³/mol. The summed E-state index contributed by atoms with van der Waals surface area (Å²) in [7, 11) is 0. The second kappa shape index (κ2) is 8.18. The van der Waals surface area contributed by atoms with Crippen molar-refractivity contribution in [3.8, 4) is 10.6 Å². The van der Waals surface area contributed by atoms with E-state index in [-0.39, 0.29) is 30.0 Å². The Labute approximate surface area is 158 Å². The summed E-state index contributed by atoms with van der Waals surface area (Å²) in [6, 6.07) is 11.4. The van der Waals surface area contributed by atoms with Crippen LogP contribution in [0.5, 0.6) is 0 Å². The molecule has 27 heavy (non-hydrogen) atoms. The molecule has 0 aliphatic carbocycles. The van der Waals surface area contributed by atoms with Crippen molar-refractivity contribution < 1.29 is 23.5 Å². The summed E-state index contributed by atoms with van der Waals surface area (Å²) in [4.78, 5) is 28.2. The number of carbonyl (C=O) groups is 2. The maximum Gasteiger partial charge on any atom is 0.311 e. The SMILES string of the molecule is O=C(Cc1csc(-c2ccc(F)cc2)n1)CC(C(=O)O)c1ccccc1F. The maximum atomic E-state index is 13.9. The van der Waals surface area contributed by atoms with Gasteiger partial charge in [0.2, 0.25) is 0 Å². The Hall–Kier alpha value is -2.93. The van der Waals surface area contributed by atoms with Gasteiger partial charge in [-0.25, -0.2) is 13.8 Å². The molecular weight excluding hydrogens is 372 g/mol. The minimum absolute atomic E-state index is 0.0105. The average Bonchev–Trinajstić information content (AvgIpc) is 3.09. The molecular formula is C20H15F2NO3S. The van der Waals surface area contributed by atoms with Gasteiger partial charge < -0.3 is 5.11 Å². The summed E-state index contributed by atoms with van der Waals surface area (Å²) in [6.45, 7) is 0. The summed E-state index contributed by atoms with van der Waals surface area (Å²) in [5.41, 5.74) is 1.22. The van der Waals surface area contributed by atoms with E-state index in [1.165, 1.54) is 47.7 Å². The van der Waals surface area contributed by atoms with Crippen molar-refractivity contribution in [1.29, 1.82) is 0 Å². The molecule has 0 bridgehead atoms. The van der Waals surface area contributed by atoms with E-state index in [4.69, 9.17) is 0 Å². The molecule has 0 radical (unpaired) electrons. The molecule has 0 amide bonds. The fraction of sp³-hybridized carbons (Fsp3) is 0.150. The van der Waals surface area contributed by atoms with Crippen molar-refractivity contribution in [1.82, 2.24) is 4.98 Å². The number of hydrogen-bond donors (Lipinski definition) is 1. The number of halogens is 2. The molecule has 1 atom stereocenters. The largest absolute Gasteiger partial charge is 0.481 e. The van der Waals surface area contributed by atoms with Crippen LogP contribution < -0.4 is 0 Å². The smallest absolute Gasteiger partial charge is 0.311 e. The van der Waals surface area contributed by atoms with Crippen molar-refractivity contribution in [2.75, 3.05) is 0 Å². The summed E-state index contributed by atoms with van der Waals surface area (Å²) in [6.07, 6.45) is -0.365. The number of ketones is 1. The van der Waals surface area contributed by atoms with Gasteiger partial charge in [-0.05, 0) is 30.3 Å². The molecule has 0 saturated heterocycles. The van der Waals surface area contributed by atoms with E-state index in [0.717, 1.165) is 5.56 Å². The monoisotopic (exact) mass is 387 g/mol. The number of Topliss-reactive ketones (excluding diaryl/α,β-unsaturated/α-hetero) is 1. The minimum Gasteiger partial charge on any atom is -0.481 e. The van der Waals surface area contributed by atoms with Gasteiger partial charge in [0.1, 0.15) is 22.4 Å². The average molecular weight is 387 g/mol. The molecule has 0 aliphatic rings. The van der Waals surface area contributed by atoms with Crippen molar-refractivity contribution in [3.05, 3.63) is 76.8 Å². The van der Waals surface area contributed by atoms with Gasteiger partial charge in [-0.2, -0.15) is 0 Å². The molecule has 1 N–H and O–H groups in total. The van der Waals surface area contributed by atoms with Crippen LogP contribution in [0.4, 0.5) is 8.78 Å². The number of nitrogens with zero attached hydrogens (tertiary/aromatic N) is 1. The molecule has 2 aromatic carbocycles. The molecule has 0 aliphatic heterocycles. The first-order valence-corrected chi connectivity index (χ1v) is 9.01. The first-order chi connectivity index (χ1) is 12.9. The van der Waals surface area contributed by atoms with Crippen LogP contribution in [-0.2, 0) is 16.0 Å². The summed E-state index contributed by atoms with van der Waals surface area (Å²) < 4.78 is 26.9. The molecule has 0 fully saturated rings. The number of aromatic nitrogens is 1. The lowest BCUT2D eigenvalue weighted by Gasteiger charge is -2.12. The number of carboxylic acids is 1. The Kier molecular flexibility index (Phi) is 5.71. The molecule has 3 aromatic rings. The van der Waals surface area contributed by atoms with E-state index in [2.05, 4.69) is 4.98 Å². The van der Waals surface area contributed by atoms with Gasteiger partial charge in [0.15, 0.2) is 0 Å². The third kappa shape index (κ3) is 4.62. The Bertz CT molecular complexity index is 969. The highest BCUT2D eigenvalue weighted by Crippen LogP contribution is 2.26. The normalized spacial score (nSPS) is 11.9. The molecule has 0 saturated carbocycles. The molecule has 4 nitrogen and oxygen atoms in total. The first kappa shape index (κ1) is 18.8. The fourth-order valence-corrected chi connectivity index (χ4v) is 3.53. The number of hydrogen-bond acceptors (Lipinski definition) is 4. The number of thiazole rings is 1. The topological polar surface area (TPSA) is 67.3 Å². The fourth-order valence-electron chi connectivity index (χ4n) is 2.70. The van der Waals surface area contributed by atoms with Crippen molar-refractivity contribution in [3.63, 3.8) is 0 Å². The van der Waals surface area contributed by atoms with E-state index in [1.807, 2.05) is 0 Å². The number of carbonyl (C=O) groups excluding carboxylic acids is 1. The molecule has 1 heterocycles. The second-order valence-electron chi connectivity index (χ2n) is 5.98. The molecule has 0 spiro atoms. The van der Waals surface area contributed by atoms with Gasteiger partial charge in [0.25, 0.3) is 0 Å². The Morgan fingerprint density at radius 2 is 1.78 bits per heavy atom. The Morgan fingerprint density at radius 3 is 2.44 bits per heavy atom. The first-order valence-electron chi connectivity index (χ1n) is 8.13. The van der Waals surface area contributed by atoms with Crippen LogP contribution in [0.25, 0.3) is 10.6 Å². The zero-order valence-electron chi connectivity index (χ0n) is 14.1. The summed E-state index contributed by atoms with van der Waals surface area (Å²) in [5, 5.41) is 11.7. The molecule has 3 rings (SSSR count). The van der Waals surface area contributed by atoms with E-state index in [1.54, 1.807) is 17.5 Å². The zero-order chi connectivity index (χ0) is 19.4. The van der Waals surface area contributed by atoms with E-state index in [9.17, 15) is 23.5 Å². The van der Waals surface area contributed by atoms with Crippen LogP contribution in [0, 0.1) is 11.6 Å². The highest BCUT2D eigenvalue weighted by molar-refractivity contribution is 7.13. The molecule has 7 heteroatoms. The van der Waals surface area contributed by atoms with Gasteiger partial charge in [-0.3, -0.25) is 9.59 Å². The van der Waals surface area contributed by atoms with Crippen LogP contribution >= 0.6 is 11.3 Å². The zero-order valence-corrected chi connectivity index (χ0v) is 14.9. The standard InChI is InChI=1S/C20H15F2NO3S/c21-13-7-5-12(6-8-13)19-23-14(11-27-19)9-15(24)10-17(20(25)26)16-3-1-2-4-18(16)22/h1-8,11,17H,9-10H2,(H,25,26). The van der Waals surface area contributed by atoms with Crippen LogP contribution in [0.3, 0.4) is 0 Å². The van der Waals surface area contributed by atoms with Crippen molar-refractivity contribution >= 4 is 23.1 Å². The van der Waals surface area contributed by atoms with E-state index in [0.29, 0.717) is 10.7 Å². The highest BCUT2D eigenvalue weighted by atomic mass is 32.1. The lowest BCUT2D eigenvalue weighted by Crippen LogP contribution is -2.18. The van der Waals surface area contributed by atoms with E-state index < -0.39 is 17.7 Å². The maximum absolute atomic E-state index is 13.9. The Morgan fingerprint density at radius 1 is 1.07 bits per heavy atom. The lowest BCUT2D eigenvalue weighted by atomic mass is 9.92. The highest BCUT2D eigenvalue weighted by Gasteiger charge is 2.26. The quantitative estimate of drug-likeness (QED) is 0.650. The van der Waals surface area contributed by atoms with E-state index >= 15 is 0 Å². The van der Waals surface area contributed by atoms with Gasteiger partial charge in [-0.1, -0.05) is 18.2 Å². The van der Waals surface area contributed by atoms with Crippen molar-refractivity contribution in [2.24, 2.45) is 0 Å². The molecule has 1 unspecified atom stereocenters. The molecule has 1 aromatic heterocycles. The lowest BCUT2D eigenvalue weighted by molar-refractivity contribution is -0.140. The van der Waals surface area contributed by atoms with Crippen molar-refractivity contribution in [2.45, 2.75) is 18.8 Å². The summed E-state index contributed by atoms with van der Waals surface area (Å²) >= 11 is 1.31. The van der Waals surface area contributed by atoms with Gasteiger partial charge >= 0.3 is 5.97 Å². The minimum atomic E-state index is -1.25.